The topological polar surface area (TPSA) is 68.6 Å². The molecule has 2 bridgehead atoms. The van der Waals surface area contributed by atoms with Crippen molar-refractivity contribution in [3.05, 3.63) is 34.2 Å². The molecular formula is C16H20N2O4. The van der Waals surface area contributed by atoms with Gasteiger partial charge in [0.05, 0.1) is 5.92 Å². The van der Waals surface area contributed by atoms with E-state index >= 15 is 0 Å². The van der Waals surface area contributed by atoms with E-state index in [4.69, 9.17) is 4.74 Å². The fraction of sp³-hybridized carbons (Fsp3) is 0.562. The van der Waals surface area contributed by atoms with Gasteiger partial charge in [-0.3, -0.25) is 9.59 Å². The average Bonchev–Trinajstić information content (AvgIpc) is 2.41. The monoisotopic (exact) mass is 304 g/mol. The highest BCUT2D eigenvalue weighted by atomic mass is 16.6. The van der Waals surface area contributed by atoms with Crippen LogP contribution >= 0.6 is 0 Å². The van der Waals surface area contributed by atoms with Gasteiger partial charge in [-0.05, 0) is 33.3 Å². The molecule has 3 heterocycles. The largest absolute Gasteiger partial charge is 0.443 e. The molecule has 1 fully saturated rings. The number of imide groups is 1. The van der Waals surface area contributed by atoms with Gasteiger partial charge >= 0.3 is 6.09 Å². The summed E-state index contributed by atoms with van der Waals surface area (Å²) in [6, 6.07) is 5.12. The lowest BCUT2D eigenvalue weighted by Gasteiger charge is -2.41. The SMILES string of the molecule is CC(C)(C)OC(=O)N1C[C@@H]2CC(Cn3c2cccc3=O)C1=O. The highest BCUT2D eigenvalue weighted by Gasteiger charge is 2.43. The number of nitrogens with zero attached hydrogens (tertiary/aromatic N) is 2. The van der Waals surface area contributed by atoms with Crippen molar-refractivity contribution in [3.63, 3.8) is 0 Å². The average molecular weight is 304 g/mol. The third-order valence-electron chi connectivity index (χ3n) is 4.11. The number of pyridine rings is 1. The van der Waals surface area contributed by atoms with Crippen molar-refractivity contribution in [2.75, 3.05) is 6.54 Å². The molecule has 2 amide bonds. The van der Waals surface area contributed by atoms with Gasteiger partial charge in [-0.2, -0.15) is 0 Å². The summed E-state index contributed by atoms with van der Waals surface area (Å²) in [6.45, 7) is 5.93. The number of aromatic nitrogens is 1. The Morgan fingerprint density at radius 2 is 1.91 bits per heavy atom. The van der Waals surface area contributed by atoms with Crippen LogP contribution in [-0.2, 0) is 16.1 Å². The van der Waals surface area contributed by atoms with Gasteiger partial charge in [0.1, 0.15) is 5.60 Å². The Bertz CT molecular complexity index is 686. The number of carbonyl (C=O) groups excluding carboxylic acids is 2. The van der Waals surface area contributed by atoms with Crippen molar-refractivity contribution in [3.8, 4) is 0 Å². The van der Waals surface area contributed by atoms with Gasteiger partial charge in [0.25, 0.3) is 5.56 Å². The third kappa shape index (κ3) is 2.53. The summed E-state index contributed by atoms with van der Waals surface area (Å²) in [5.74, 6) is -0.580. The van der Waals surface area contributed by atoms with E-state index in [9.17, 15) is 14.4 Å². The lowest BCUT2D eigenvalue weighted by Crippen LogP contribution is -2.53. The van der Waals surface area contributed by atoms with Gasteiger partial charge in [-0.25, -0.2) is 9.69 Å². The number of carbonyl (C=O) groups is 2. The Balaban J connectivity index is 1.90. The van der Waals surface area contributed by atoms with Crippen LogP contribution in [0.2, 0.25) is 0 Å². The zero-order valence-electron chi connectivity index (χ0n) is 13.0. The van der Waals surface area contributed by atoms with Crippen LogP contribution in [0.25, 0.3) is 0 Å². The van der Waals surface area contributed by atoms with Crippen molar-refractivity contribution in [1.82, 2.24) is 9.47 Å². The van der Waals surface area contributed by atoms with Crippen molar-refractivity contribution in [2.24, 2.45) is 5.92 Å². The Morgan fingerprint density at radius 3 is 2.59 bits per heavy atom. The first-order chi connectivity index (χ1) is 10.3. The summed E-state index contributed by atoms with van der Waals surface area (Å²) in [5, 5.41) is 0. The minimum Gasteiger partial charge on any atom is -0.443 e. The van der Waals surface area contributed by atoms with E-state index < -0.39 is 11.7 Å². The molecule has 0 saturated carbocycles. The molecule has 6 heteroatoms. The molecule has 1 unspecified atom stereocenters. The number of ether oxygens (including phenoxy) is 1. The first-order valence-electron chi connectivity index (χ1n) is 7.50. The molecule has 118 valence electrons. The molecule has 22 heavy (non-hydrogen) atoms. The van der Waals surface area contributed by atoms with Gasteiger partial charge < -0.3 is 9.30 Å². The lowest BCUT2D eigenvalue weighted by atomic mass is 9.83. The van der Waals surface area contributed by atoms with Crippen LogP contribution in [-0.4, -0.2) is 33.6 Å². The van der Waals surface area contributed by atoms with Crippen LogP contribution < -0.4 is 5.56 Å². The standard InChI is InChI=1S/C16H20N2O4/c1-16(2,3)22-15(21)18-8-10-7-11(14(18)20)9-17-12(10)5-4-6-13(17)19/h4-6,10-11H,7-9H2,1-3H3/t10-,11?/m0/s1. The second-order valence-corrected chi connectivity index (χ2v) is 6.96. The molecule has 0 spiro atoms. The Labute approximate surface area is 128 Å². The molecule has 0 aromatic carbocycles. The summed E-state index contributed by atoms with van der Waals surface area (Å²) in [4.78, 5) is 37.9. The van der Waals surface area contributed by atoms with E-state index in [1.165, 1.54) is 11.0 Å². The van der Waals surface area contributed by atoms with Gasteiger partial charge in [0.15, 0.2) is 0 Å². The van der Waals surface area contributed by atoms with Crippen LogP contribution in [0, 0.1) is 5.92 Å². The third-order valence-corrected chi connectivity index (χ3v) is 4.11. The quantitative estimate of drug-likeness (QED) is 0.732. The molecule has 6 nitrogen and oxygen atoms in total. The van der Waals surface area contributed by atoms with E-state index in [2.05, 4.69) is 0 Å². The number of amides is 2. The molecular weight excluding hydrogens is 284 g/mol. The van der Waals surface area contributed by atoms with Crippen molar-refractivity contribution >= 4 is 12.0 Å². The van der Waals surface area contributed by atoms with Gasteiger partial charge in [0.2, 0.25) is 5.91 Å². The Kier molecular flexibility index (Phi) is 3.34. The second-order valence-electron chi connectivity index (χ2n) is 6.96. The maximum absolute atomic E-state index is 12.5. The highest BCUT2D eigenvalue weighted by molar-refractivity contribution is 5.94. The number of hydrogen-bond donors (Lipinski definition) is 0. The zero-order chi connectivity index (χ0) is 16.1. The molecule has 1 aromatic rings. The zero-order valence-corrected chi connectivity index (χ0v) is 13.0. The molecule has 1 aromatic heterocycles. The smallest absolute Gasteiger partial charge is 0.417 e. The fourth-order valence-electron chi connectivity index (χ4n) is 3.21. The predicted octanol–water partition coefficient (Wildman–Crippen LogP) is 1.73. The second kappa shape index (κ2) is 4.97. The van der Waals surface area contributed by atoms with Crippen molar-refractivity contribution in [2.45, 2.75) is 45.3 Å². The maximum Gasteiger partial charge on any atom is 0.417 e. The summed E-state index contributed by atoms with van der Waals surface area (Å²) >= 11 is 0. The van der Waals surface area contributed by atoms with E-state index in [0.29, 0.717) is 13.0 Å². The number of hydrogen-bond acceptors (Lipinski definition) is 4. The molecule has 2 aliphatic rings. The molecule has 2 aliphatic heterocycles. The van der Waals surface area contributed by atoms with Gasteiger partial charge in [-0.1, -0.05) is 6.07 Å². The van der Waals surface area contributed by atoms with Crippen LogP contribution in [0.15, 0.2) is 23.0 Å². The minimum absolute atomic E-state index is 0.00197. The van der Waals surface area contributed by atoms with Crippen LogP contribution in [0.1, 0.15) is 38.8 Å². The summed E-state index contributed by atoms with van der Waals surface area (Å²) in [5.41, 5.74) is 0.161. The number of rotatable bonds is 0. The molecule has 3 rings (SSSR count). The lowest BCUT2D eigenvalue weighted by molar-refractivity contribution is -0.139. The van der Waals surface area contributed by atoms with E-state index in [0.717, 1.165) is 5.69 Å². The minimum atomic E-state index is -0.640. The first-order valence-corrected chi connectivity index (χ1v) is 7.50. The van der Waals surface area contributed by atoms with Crippen LogP contribution in [0.4, 0.5) is 4.79 Å². The Morgan fingerprint density at radius 1 is 1.18 bits per heavy atom. The van der Waals surface area contributed by atoms with Crippen LogP contribution in [0.3, 0.4) is 0 Å². The molecule has 0 N–H and O–H groups in total. The van der Waals surface area contributed by atoms with E-state index in [1.807, 2.05) is 6.07 Å². The van der Waals surface area contributed by atoms with Crippen molar-refractivity contribution < 1.29 is 14.3 Å². The highest BCUT2D eigenvalue weighted by Crippen LogP contribution is 2.36. The molecule has 0 aliphatic carbocycles. The molecule has 1 saturated heterocycles. The number of piperidine rings is 1. The van der Waals surface area contributed by atoms with Gasteiger partial charge in [0, 0.05) is 30.8 Å². The Hall–Kier alpha value is -2.11. The maximum atomic E-state index is 12.5. The fourth-order valence-corrected chi connectivity index (χ4v) is 3.21. The summed E-state index contributed by atoms with van der Waals surface area (Å²) in [7, 11) is 0. The molecule has 0 radical (unpaired) electrons. The number of likely N-dealkylation sites (tertiary alicyclic amines) is 1. The summed E-state index contributed by atoms with van der Waals surface area (Å²) in [6.07, 6.45) is 0.0839. The first kappa shape index (κ1) is 14.8. The summed E-state index contributed by atoms with van der Waals surface area (Å²) < 4.78 is 6.98. The van der Waals surface area contributed by atoms with E-state index in [-0.39, 0.29) is 29.8 Å². The van der Waals surface area contributed by atoms with E-state index in [1.54, 1.807) is 31.4 Å². The number of fused-ring (bicyclic) bond motifs is 4. The normalized spacial score (nSPS) is 24.0. The molecule has 2 atom stereocenters. The van der Waals surface area contributed by atoms with Crippen LogP contribution in [0.5, 0.6) is 0 Å². The van der Waals surface area contributed by atoms with Crippen molar-refractivity contribution in [1.29, 1.82) is 0 Å². The predicted molar refractivity (Wildman–Crippen MR) is 79.5 cm³/mol. The van der Waals surface area contributed by atoms with Gasteiger partial charge in [-0.15, -0.1) is 0 Å².